The number of ether oxygens (including phenoxy) is 2. The molecule has 0 saturated heterocycles. The van der Waals surface area contributed by atoms with E-state index in [1.807, 2.05) is 0 Å². The normalized spacial score (nSPS) is 18.1. The maximum Gasteiger partial charge on any atom is 0.296 e. The van der Waals surface area contributed by atoms with Crippen molar-refractivity contribution in [2.24, 2.45) is 5.92 Å². The van der Waals surface area contributed by atoms with Crippen LogP contribution in [-0.2, 0) is 0 Å². The van der Waals surface area contributed by atoms with Crippen molar-refractivity contribution in [3.05, 3.63) is 41.2 Å². The van der Waals surface area contributed by atoms with Crippen molar-refractivity contribution >= 4 is 22.4 Å². The summed E-state index contributed by atoms with van der Waals surface area (Å²) in [6.45, 7) is 5.57. The van der Waals surface area contributed by atoms with Crippen LogP contribution in [0, 0.1) is 25.6 Å². The number of carbonyl (C=O) groups excluding carboxylic acids is 1. The van der Waals surface area contributed by atoms with E-state index in [0.29, 0.717) is 21.6 Å². The van der Waals surface area contributed by atoms with E-state index < -0.39 is 11.7 Å². The number of nitrogens with zero attached hydrogens (tertiary/aromatic N) is 4. The zero-order chi connectivity index (χ0) is 23.5. The second-order valence-electron chi connectivity index (χ2n) is 8.30. The molecule has 0 radical (unpaired) electrons. The Labute approximate surface area is 195 Å². The van der Waals surface area contributed by atoms with E-state index in [0.717, 1.165) is 42.9 Å². The number of anilines is 1. The van der Waals surface area contributed by atoms with Crippen molar-refractivity contribution < 1.29 is 18.7 Å². The molecule has 1 amide bonds. The van der Waals surface area contributed by atoms with E-state index in [9.17, 15) is 4.79 Å². The van der Waals surface area contributed by atoms with Crippen LogP contribution >= 0.6 is 11.3 Å². The summed E-state index contributed by atoms with van der Waals surface area (Å²) in [6.07, 6.45) is 7.20. The van der Waals surface area contributed by atoms with Crippen molar-refractivity contribution in [1.82, 2.24) is 20.2 Å². The van der Waals surface area contributed by atoms with E-state index in [1.165, 1.54) is 19.5 Å². The fraction of sp³-hybridized carbons (Fsp3) is 0.435. The molecule has 3 aromatic rings. The highest BCUT2D eigenvalue weighted by molar-refractivity contribution is 7.17. The first-order valence-electron chi connectivity index (χ1n) is 10.8. The number of aryl methyl sites for hydroxylation is 2. The summed E-state index contributed by atoms with van der Waals surface area (Å²) in [4.78, 5) is 21.4. The molecule has 3 heterocycles. The molecule has 0 spiro atoms. The molecule has 1 aliphatic rings. The van der Waals surface area contributed by atoms with Gasteiger partial charge in [0.05, 0.1) is 30.1 Å². The second-order valence-corrected chi connectivity index (χ2v) is 9.24. The zero-order valence-electron chi connectivity index (χ0n) is 19.0. The smallest absolute Gasteiger partial charge is 0.296 e. The van der Waals surface area contributed by atoms with Crippen molar-refractivity contribution in [3.63, 3.8) is 0 Å². The van der Waals surface area contributed by atoms with E-state index >= 15 is 4.39 Å². The van der Waals surface area contributed by atoms with Crippen molar-refractivity contribution in [3.8, 4) is 22.1 Å². The summed E-state index contributed by atoms with van der Waals surface area (Å²) in [5, 5.41) is 11.5. The summed E-state index contributed by atoms with van der Waals surface area (Å²) >= 11 is 1.16. The Morgan fingerprint density at radius 1 is 1.15 bits per heavy atom. The first-order valence-corrected chi connectivity index (χ1v) is 11.6. The predicted octanol–water partition coefficient (Wildman–Crippen LogP) is 4.97. The number of nitrogens with one attached hydrogen (secondary N) is 1. The summed E-state index contributed by atoms with van der Waals surface area (Å²) in [5.41, 5.74) is 1.54. The Bertz CT molecular complexity index is 1160. The van der Waals surface area contributed by atoms with Gasteiger partial charge in [-0.25, -0.2) is 4.39 Å². The lowest BCUT2D eigenvalue weighted by Gasteiger charge is -2.25. The SMILES string of the molecule is COc1cnc(C)c(F)c1-c1cc(C)ncc1C(=O)Nc1nnc(OC2CCC(C)CC2)s1. The minimum Gasteiger partial charge on any atom is -0.494 e. The standard InChI is InChI=1S/C23H26FN5O3S/c1-12-5-7-15(8-6-12)32-23-29-28-22(33-23)27-21(30)17-10-25-13(2)9-16(17)19-18(31-4)11-26-14(3)20(19)24/h9-12,15H,5-8H2,1-4H3,(H,27,28,30). The quantitative estimate of drug-likeness (QED) is 0.542. The number of hydrogen-bond donors (Lipinski definition) is 1. The van der Waals surface area contributed by atoms with Crippen LogP contribution in [0.3, 0.4) is 0 Å². The maximum absolute atomic E-state index is 15.1. The number of aromatic nitrogens is 4. The van der Waals surface area contributed by atoms with Gasteiger partial charge < -0.3 is 9.47 Å². The lowest BCUT2D eigenvalue weighted by molar-refractivity contribution is 0.102. The Hall–Kier alpha value is -3.14. The van der Waals surface area contributed by atoms with Crippen LogP contribution in [-0.4, -0.2) is 39.3 Å². The molecule has 10 heteroatoms. The molecule has 0 atom stereocenters. The lowest BCUT2D eigenvalue weighted by Crippen LogP contribution is -2.22. The Morgan fingerprint density at radius 2 is 1.91 bits per heavy atom. The largest absolute Gasteiger partial charge is 0.494 e. The van der Waals surface area contributed by atoms with Crippen molar-refractivity contribution in [2.75, 3.05) is 12.4 Å². The van der Waals surface area contributed by atoms with Gasteiger partial charge in [0, 0.05) is 17.5 Å². The van der Waals surface area contributed by atoms with Crippen molar-refractivity contribution in [2.45, 2.75) is 52.6 Å². The van der Waals surface area contributed by atoms with Gasteiger partial charge in [-0.15, -0.1) is 5.10 Å². The highest BCUT2D eigenvalue weighted by Gasteiger charge is 2.24. The minimum atomic E-state index is -0.553. The summed E-state index contributed by atoms with van der Waals surface area (Å²) in [7, 11) is 1.43. The molecule has 33 heavy (non-hydrogen) atoms. The number of hydrogen-bond acceptors (Lipinski definition) is 8. The van der Waals surface area contributed by atoms with Crippen LogP contribution in [0.4, 0.5) is 9.52 Å². The molecule has 1 saturated carbocycles. The highest BCUT2D eigenvalue weighted by Crippen LogP contribution is 2.36. The Morgan fingerprint density at radius 3 is 2.64 bits per heavy atom. The van der Waals surface area contributed by atoms with E-state index in [1.54, 1.807) is 19.9 Å². The van der Waals surface area contributed by atoms with Gasteiger partial charge in [0.25, 0.3) is 11.1 Å². The van der Waals surface area contributed by atoms with E-state index in [-0.39, 0.29) is 28.7 Å². The van der Waals surface area contributed by atoms with E-state index in [2.05, 4.69) is 32.4 Å². The summed E-state index contributed by atoms with van der Waals surface area (Å²) in [5.74, 6) is -0.0877. The average molecular weight is 472 g/mol. The van der Waals surface area contributed by atoms with Crippen molar-refractivity contribution in [1.29, 1.82) is 0 Å². The Kier molecular flexibility index (Phi) is 6.83. The van der Waals surface area contributed by atoms with Crippen LogP contribution in [0.1, 0.15) is 54.4 Å². The third kappa shape index (κ3) is 5.11. The molecule has 0 aliphatic heterocycles. The lowest BCUT2D eigenvalue weighted by atomic mass is 9.89. The number of rotatable bonds is 6. The molecule has 1 aliphatic carbocycles. The van der Waals surface area contributed by atoms with Gasteiger partial charge in [0.15, 0.2) is 5.82 Å². The predicted molar refractivity (Wildman–Crippen MR) is 123 cm³/mol. The molecular formula is C23H26FN5O3S. The molecule has 0 aromatic carbocycles. The zero-order valence-corrected chi connectivity index (χ0v) is 19.8. The molecule has 4 rings (SSSR count). The molecule has 1 N–H and O–H groups in total. The first kappa shape index (κ1) is 23.0. The highest BCUT2D eigenvalue weighted by atomic mass is 32.1. The molecule has 0 unspecified atom stereocenters. The van der Waals surface area contributed by atoms with Gasteiger partial charge in [0.2, 0.25) is 5.13 Å². The number of halogens is 1. The number of methoxy groups -OCH3 is 1. The first-order chi connectivity index (χ1) is 15.9. The third-order valence-electron chi connectivity index (χ3n) is 5.79. The van der Waals surface area contributed by atoms with Crippen LogP contribution in [0.25, 0.3) is 11.1 Å². The number of amides is 1. The van der Waals surface area contributed by atoms with Gasteiger partial charge in [-0.3, -0.25) is 20.1 Å². The Balaban J connectivity index is 1.57. The summed E-state index contributed by atoms with van der Waals surface area (Å²) < 4.78 is 26.3. The van der Waals surface area contributed by atoms with Gasteiger partial charge in [0.1, 0.15) is 11.9 Å². The minimum absolute atomic E-state index is 0.121. The van der Waals surface area contributed by atoms with Crippen LogP contribution in [0.15, 0.2) is 18.5 Å². The molecule has 0 bridgehead atoms. The number of carbonyl (C=O) groups is 1. The van der Waals surface area contributed by atoms with Gasteiger partial charge >= 0.3 is 0 Å². The van der Waals surface area contributed by atoms with Crippen LogP contribution < -0.4 is 14.8 Å². The van der Waals surface area contributed by atoms with Gasteiger partial charge in [-0.05, 0) is 62.9 Å². The van der Waals surface area contributed by atoms with E-state index in [4.69, 9.17) is 9.47 Å². The fourth-order valence-corrected chi connectivity index (χ4v) is 4.54. The monoisotopic (exact) mass is 471 g/mol. The van der Waals surface area contributed by atoms with Gasteiger partial charge in [-0.2, -0.15) is 0 Å². The molecule has 3 aromatic heterocycles. The van der Waals surface area contributed by atoms with Crippen LogP contribution in [0.5, 0.6) is 10.9 Å². The summed E-state index contributed by atoms with van der Waals surface area (Å²) in [6, 6.07) is 1.65. The molecular weight excluding hydrogens is 445 g/mol. The fourth-order valence-electron chi connectivity index (χ4n) is 3.88. The number of pyridine rings is 2. The molecule has 174 valence electrons. The van der Waals surface area contributed by atoms with Gasteiger partial charge in [-0.1, -0.05) is 12.0 Å². The average Bonchev–Trinajstić information content (AvgIpc) is 3.23. The van der Waals surface area contributed by atoms with Crippen LogP contribution in [0.2, 0.25) is 0 Å². The second kappa shape index (κ2) is 9.78. The third-order valence-corrected chi connectivity index (χ3v) is 6.52. The maximum atomic E-state index is 15.1. The molecule has 8 nitrogen and oxygen atoms in total. The molecule has 1 fully saturated rings. The topological polar surface area (TPSA) is 99.1 Å².